The second-order valence-corrected chi connectivity index (χ2v) is 4.59. The van der Waals surface area contributed by atoms with Crippen LogP contribution < -0.4 is 5.32 Å². The van der Waals surface area contributed by atoms with E-state index in [-0.39, 0.29) is 5.69 Å². The molecule has 2 aromatic rings. The molecular formula is C12H12ClN3O3. The van der Waals surface area contributed by atoms with E-state index in [1.807, 2.05) is 0 Å². The highest BCUT2D eigenvalue weighted by Crippen LogP contribution is 2.16. The van der Waals surface area contributed by atoms with Crippen molar-refractivity contribution in [3.05, 3.63) is 34.7 Å². The fourth-order valence-corrected chi connectivity index (χ4v) is 1.90. The lowest BCUT2D eigenvalue weighted by molar-refractivity contribution is -0.138. The molecule has 0 saturated heterocycles. The number of rotatable bonds is 3. The molecule has 6 nitrogen and oxygen atoms in total. The summed E-state index contributed by atoms with van der Waals surface area (Å²) in [5.74, 6) is -1.60. The standard InChI is InChI=1S/C12H12ClN3O3/c1-6-10(11(17)15-7(2)12(18)19)16-5-8(13)3-4-9(16)14-6/h3-5,7H,1-2H3,(H,15,17)(H,18,19). The number of hydrogen-bond acceptors (Lipinski definition) is 3. The van der Waals surface area contributed by atoms with E-state index in [4.69, 9.17) is 16.7 Å². The van der Waals surface area contributed by atoms with Crippen LogP contribution in [-0.2, 0) is 4.79 Å². The number of carbonyl (C=O) groups excluding carboxylic acids is 1. The number of pyridine rings is 1. The van der Waals surface area contributed by atoms with Crippen molar-refractivity contribution in [3.63, 3.8) is 0 Å². The molecule has 7 heteroatoms. The summed E-state index contributed by atoms with van der Waals surface area (Å²) < 4.78 is 1.54. The van der Waals surface area contributed by atoms with Gasteiger partial charge in [-0.3, -0.25) is 14.0 Å². The number of aromatic nitrogens is 2. The number of carboxylic acids is 1. The summed E-state index contributed by atoms with van der Waals surface area (Å²) in [6, 6.07) is 2.38. The summed E-state index contributed by atoms with van der Waals surface area (Å²) in [6.07, 6.45) is 1.57. The zero-order valence-electron chi connectivity index (χ0n) is 10.3. The Bertz CT molecular complexity index is 666. The van der Waals surface area contributed by atoms with Gasteiger partial charge in [-0.15, -0.1) is 0 Å². The topological polar surface area (TPSA) is 83.7 Å². The molecule has 0 aliphatic rings. The monoisotopic (exact) mass is 281 g/mol. The van der Waals surface area contributed by atoms with Gasteiger partial charge in [0.05, 0.1) is 10.7 Å². The Morgan fingerprint density at radius 2 is 2.16 bits per heavy atom. The second-order valence-electron chi connectivity index (χ2n) is 4.15. The van der Waals surface area contributed by atoms with E-state index in [1.165, 1.54) is 6.92 Å². The SMILES string of the molecule is Cc1nc2ccc(Cl)cn2c1C(=O)NC(C)C(=O)O. The van der Waals surface area contributed by atoms with Crippen LogP contribution in [0.4, 0.5) is 0 Å². The minimum absolute atomic E-state index is 0.283. The highest BCUT2D eigenvalue weighted by atomic mass is 35.5. The van der Waals surface area contributed by atoms with E-state index >= 15 is 0 Å². The summed E-state index contributed by atoms with van der Waals surface area (Å²) in [6.45, 7) is 3.08. The smallest absolute Gasteiger partial charge is 0.325 e. The Labute approximate surface area is 114 Å². The van der Waals surface area contributed by atoms with Gasteiger partial charge in [0, 0.05) is 6.20 Å². The molecule has 0 fully saturated rings. The van der Waals surface area contributed by atoms with E-state index in [1.54, 1.807) is 29.7 Å². The van der Waals surface area contributed by atoms with Crippen LogP contribution in [-0.4, -0.2) is 32.4 Å². The molecule has 19 heavy (non-hydrogen) atoms. The molecule has 1 unspecified atom stereocenters. The Morgan fingerprint density at radius 3 is 2.79 bits per heavy atom. The Hall–Kier alpha value is -2.08. The lowest BCUT2D eigenvalue weighted by atomic mass is 10.3. The number of aryl methyl sites for hydroxylation is 1. The maximum Gasteiger partial charge on any atom is 0.325 e. The van der Waals surface area contributed by atoms with Gasteiger partial charge in [0.25, 0.3) is 5.91 Å². The molecule has 0 spiro atoms. The highest BCUT2D eigenvalue weighted by Gasteiger charge is 2.20. The Morgan fingerprint density at radius 1 is 1.47 bits per heavy atom. The number of nitrogens with one attached hydrogen (secondary N) is 1. The first-order chi connectivity index (χ1) is 8.90. The van der Waals surface area contributed by atoms with Crippen molar-refractivity contribution >= 4 is 29.1 Å². The number of hydrogen-bond donors (Lipinski definition) is 2. The molecule has 0 aliphatic heterocycles. The fraction of sp³-hybridized carbons (Fsp3) is 0.250. The predicted octanol–water partition coefficient (Wildman–Crippen LogP) is 1.50. The average Bonchev–Trinajstić information content (AvgIpc) is 2.64. The molecule has 0 saturated carbocycles. The number of carboxylic acid groups (broad SMARTS) is 1. The third-order valence-electron chi connectivity index (χ3n) is 2.69. The average molecular weight is 282 g/mol. The molecule has 0 aromatic carbocycles. The zero-order chi connectivity index (χ0) is 14.2. The van der Waals surface area contributed by atoms with Gasteiger partial charge in [0.15, 0.2) is 0 Å². The molecule has 2 heterocycles. The molecule has 0 bridgehead atoms. The van der Waals surface area contributed by atoms with Crippen LogP contribution in [0.2, 0.25) is 5.02 Å². The number of aliphatic carboxylic acids is 1. The van der Waals surface area contributed by atoms with E-state index in [9.17, 15) is 9.59 Å². The number of halogens is 1. The summed E-state index contributed by atoms with van der Waals surface area (Å²) in [7, 11) is 0. The molecule has 2 aromatic heterocycles. The summed E-state index contributed by atoms with van der Waals surface area (Å²) >= 11 is 5.89. The van der Waals surface area contributed by atoms with Crippen LogP contribution >= 0.6 is 11.6 Å². The molecule has 1 amide bonds. The maximum atomic E-state index is 12.1. The maximum absolute atomic E-state index is 12.1. The van der Waals surface area contributed by atoms with Crippen molar-refractivity contribution in [3.8, 4) is 0 Å². The molecule has 1 atom stereocenters. The molecule has 2 rings (SSSR count). The van der Waals surface area contributed by atoms with E-state index < -0.39 is 17.9 Å². The van der Waals surface area contributed by atoms with Crippen molar-refractivity contribution < 1.29 is 14.7 Å². The van der Waals surface area contributed by atoms with Gasteiger partial charge in [-0.05, 0) is 26.0 Å². The quantitative estimate of drug-likeness (QED) is 0.893. The zero-order valence-corrected chi connectivity index (χ0v) is 11.1. The Kier molecular flexibility index (Phi) is 3.44. The number of fused-ring (bicyclic) bond motifs is 1. The molecule has 2 N–H and O–H groups in total. The first-order valence-electron chi connectivity index (χ1n) is 5.58. The third-order valence-corrected chi connectivity index (χ3v) is 2.91. The molecule has 100 valence electrons. The van der Waals surface area contributed by atoms with Crippen molar-refractivity contribution in [2.75, 3.05) is 0 Å². The van der Waals surface area contributed by atoms with Gasteiger partial charge >= 0.3 is 5.97 Å². The van der Waals surface area contributed by atoms with Gasteiger partial charge in [-0.1, -0.05) is 11.6 Å². The van der Waals surface area contributed by atoms with Crippen LogP contribution in [0.1, 0.15) is 23.1 Å². The fourth-order valence-electron chi connectivity index (χ4n) is 1.74. The summed E-state index contributed by atoms with van der Waals surface area (Å²) in [5, 5.41) is 11.7. The molecule has 0 radical (unpaired) electrons. The molecule has 0 aliphatic carbocycles. The van der Waals surface area contributed by atoms with Crippen molar-refractivity contribution in [1.82, 2.24) is 14.7 Å². The third kappa shape index (κ3) is 2.53. The number of imidazole rings is 1. The van der Waals surface area contributed by atoms with Crippen LogP contribution in [0.25, 0.3) is 5.65 Å². The van der Waals surface area contributed by atoms with Crippen LogP contribution in [0.3, 0.4) is 0 Å². The first kappa shape index (κ1) is 13.4. The van der Waals surface area contributed by atoms with Crippen molar-refractivity contribution in [1.29, 1.82) is 0 Å². The second kappa shape index (κ2) is 4.89. The first-order valence-corrected chi connectivity index (χ1v) is 5.96. The lowest BCUT2D eigenvalue weighted by Crippen LogP contribution is -2.39. The predicted molar refractivity (Wildman–Crippen MR) is 69.5 cm³/mol. The number of amides is 1. The number of nitrogens with zero attached hydrogens (tertiary/aromatic N) is 2. The van der Waals surface area contributed by atoms with Crippen LogP contribution in [0, 0.1) is 6.92 Å². The van der Waals surface area contributed by atoms with Gasteiger partial charge in [0.1, 0.15) is 17.4 Å². The normalized spacial score (nSPS) is 12.4. The van der Waals surface area contributed by atoms with Gasteiger partial charge in [-0.2, -0.15) is 0 Å². The van der Waals surface area contributed by atoms with Crippen molar-refractivity contribution in [2.45, 2.75) is 19.9 Å². The Balaban J connectivity index is 2.44. The van der Waals surface area contributed by atoms with Crippen molar-refractivity contribution in [2.24, 2.45) is 0 Å². The summed E-state index contributed by atoms with van der Waals surface area (Å²) in [5.41, 5.74) is 1.37. The van der Waals surface area contributed by atoms with Gasteiger partial charge in [-0.25, -0.2) is 4.98 Å². The highest BCUT2D eigenvalue weighted by molar-refractivity contribution is 6.30. The largest absolute Gasteiger partial charge is 0.480 e. The number of carbonyl (C=O) groups is 2. The van der Waals surface area contributed by atoms with Gasteiger partial charge in [0.2, 0.25) is 0 Å². The van der Waals surface area contributed by atoms with E-state index in [2.05, 4.69) is 10.3 Å². The van der Waals surface area contributed by atoms with Crippen LogP contribution in [0.5, 0.6) is 0 Å². The molecular weight excluding hydrogens is 270 g/mol. The van der Waals surface area contributed by atoms with Gasteiger partial charge < -0.3 is 10.4 Å². The lowest BCUT2D eigenvalue weighted by Gasteiger charge is -2.09. The minimum atomic E-state index is -1.10. The van der Waals surface area contributed by atoms with E-state index in [0.717, 1.165) is 0 Å². The van der Waals surface area contributed by atoms with E-state index in [0.29, 0.717) is 16.4 Å². The summed E-state index contributed by atoms with van der Waals surface area (Å²) in [4.78, 5) is 27.1. The van der Waals surface area contributed by atoms with Crippen LogP contribution in [0.15, 0.2) is 18.3 Å². The minimum Gasteiger partial charge on any atom is -0.480 e.